The van der Waals surface area contributed by atoms with Crippen LogP contribution in [0.4, 0.5) is 0 Å². The van der Waals surface area contributed by atoms with E-state index in [4.69, 9.17) is 25.7 Å². The highest BCUT2D eigenvalue weighted by atomic mass is 16.6. The largest absolute Gasteiger partial charge is 0.456 e. The van der Waals surface area contributed by atoms with Gasteiger partial charge in [-0.15, -0.1) is 0 Å². The van der Waals surface area contributed by atoms with E-state index in [-0.39, 0.29) is 97.1 Å². The lowest BCUT2D eigenvalue weighted by Gasteiger charge is -2.63. The third-order valence-electron chi connectivity index (χ3n) is 17.4. The predicted molar refractivity (Wildman–Crippen MR) is 212 cm³/mol. The van der Waals surface area contributed by atoms with Crippen molar-refractivity contribution in [1.82, 2.24) is 5.32 Å². The Morgan fingerprint density at radius 1 is 0.931 bits per heavy atom. The first-order valence-electron chi connectivity index (χ1n) is 22.9. The first-order valence-corrected chi connectivity index (χ1v) is 22.9. The minimum Gasteiger partial charge on any atom is -0.456 e. The second kappa shape index (κ2) is 17.7. The summed E-state index contributed by atoms with van der Waals surface area (Å²) in [6.07, 6.45) is 5.30. The molecule has 8 aliphatic rings. The molecule has 12 N–H and O–H groups in total. The summed E-state index contributed by atoms with van der Waals surface area (Å²) >= 11 is 0. The predicted octanol–water partition coefficient (Wildman–Crippen LogP) is -0.0830. The molecule has 58 heavy (non-hydrogen) atoms. The topological polar surface area (TPSA) is 244 Å². The zero-order valence-electron chi connectivity index (χ0n) is 34.7. The molecule has 21 unspecified atom stereocenters. The van der Waals surface area contributed by atoms with E-state index >= 15 is 0 Å². The van der Waals surface area contributed by atoms with Crippen LogP contribution in [0.3, 0.4) is 0 Å². The van der Waals surface area contributed by atoms with Crippen LogP contribution in [0.15, 0.2) is 11.6 Å². The maximum Gasteiger partial charge on any atom is 0.336 e. The number of nitrogens with one attached hydrogen (secondary N) is 1. The van der Waals surface area contributed by atoms with Gasteiger partial charge in [0, 0.05) is 37.2 Å². The van der Waals surface area contributed by atoms with Gasteiger partial charge < -0.3 is 56.1 Å². The fourth-order valence-electron chi connectivity index (χ4n) is 14.5. The van der Waals surface area contributed by atoms with E-state index in [0.29, 0.717) is 18.9 Å². The minimum atomic E-state index is -1.16. The number of hydrogen-bond acceptors (Lipinski definition) is 13. The van der Waals surface area contributed by atoms with Crippen molar-refractivity contribution >= 4 is 11.8 Å². The molecular formula is C44H73N4O10+. The van der Waals surface area contributed by atoms with Gasteiger partial charge >= 0.3 is 5.97 Å². The summed E-state index contributed by atoms with van der Waals surface area (Å²) < 4.78 is 21.1. The SMILES string of the molecule is CC=C(CO)C(=O)OC1CC2C(O)C3C(=O)CC(CO)OC3C3C2OC1(C)C(CC1CCC(N)[NH2+]C1)CC1CCC2CCC(O)CC2C(CO)C3C2CCNC(N)C12. The minimum absolute atomic E-state index is 0.0100. The van der Waals surface area contributed by atoms with Crippen molar-refractivity contribution in [3.05, 3.63) is 11.6 Å². The maximum atomic E-state index is 14.3. The van der Waals surface area contributed by atoms with E-state index in [1.807, 2.05) is 0 Å². The molecule has 3 aliphatic carbocycles. The number of aliphatic hydroxyl groups is 5. The zero-order chi connectivity index (χ0) is 41.0. The third-order valence-corrected chi connectivity index (χ3v) is 17.4. The summed E-state index contributed by atoms with van der Waals surface area (Å²) in [5.41, 5.74) is 12.8. The normalized spacial score (nSPS) is 50.9. The number of rotatable bonds is 7. The molecule has 8 fully saturated rings. The maximum absolute atomic E-state index is 14.3. The van der Waals surface area contributed by atoms with E-state index in [9.17, 15) is 35.1 Å². The zero-order valence-corrected chi connectivity index (χ0v) is 34.7. The molecule has 8 rings (SSSR count). The van der Waals surface area contributed by atoms with Crippen molar-refractivity contribution in [2.24, 2.45) is 82.5 Å². The van der Waals surface area contributed by atoms with Crippen molar-refractivity contribution < 1.29 is 54.6 Å². The number of ketones is 1. The average Bonchev–Trinajstić information content (AvgIpc) is 3.25. The van der Waals surface area contributed by atoms with Gasteiger partial charge in [0.25, 0.3) is 0 Å². The van der Waals surface area contributed by atoms with E-state index in [0.717, 1.165) is 64.3 Å². The number of aliphatic hydroxyl groups excluding tert-OH is 5. The Balaban J connectivity index is 1.34. The quantitative estimate of drug-likeness (QED) is 0.121. The third kappa shape index (κ3) is 7.77. The number of quaternary nitrogens is 1. The summed E-state index contributed by atoms with van der Waals surface area (Å²) in [6, 6.07) is 0. The number of ether oxygens (including phenoxy) is 3. The van der Waals surface area contributed by atoms with Crippen molar-refractivity contribution in [2.75, 3.05) is 32.9 Å². The number of Topliss-reactive ketones (excluding diaryl/α,β-unsaturated/α-hetero) is 1. The van der Waals surface area contributed by atoms with Crippen molar-refractivity contribution in [1.29, 1.82) is 0 Å². The number of piperidine rings is 2. The van der Waals surface area contributed by atoms with E-state index in [1.54, 1.807) is 13.0 Å². The molecule has 5 aliphatic heterocycles. The van der Waals surface area contributed by atoms with Crippen LogP contribution >= 0.6 is 0 Å². The first kappa shape index (κ1) is 43.1. The lowest BCUT2D eigenvalue weighted by atomic mass is 9.50. The molecular weight excluding hydrogens is 745 g/mol. The molecule has 5 heterocycles. The molecule has 328 valence electrons. The Morgan fingerprint density at radius 2 is 1.71 bits per heavy atom. The standard InChI is InChI=1S/C44H72N4O10/c1-3-22(18-49)43(55)57-33-16-30-39(54)37-32(53)15-27(19-50)56-41(37)38-36-28-10-11-47-42(46)35(28)24(6-5-23-7-8-26(52)14-29(23)31(36)20-51)13-25(44(33,2)58-40(30)38)12-21-4-9-34(45)48-17-21/h3,21,23-31,33-42,47-52,54H,4-20,45-46H2,1-2H3/p+1. The summed E-state index contributed by atoms with van der Waals surface area (Å²) in [7, 11) is 0. The van der Waals surface area contributed by atoms with Gasteiger partial charge in [-0.2, -0.15) is 0 Å². The summed E-state index contributed by atoms with van der Waals surface area (Å²) in [5.74, 6) is -2.50. The van der Waals surface area contributed by atoms with Gasteiger partial charge in [0.2, 0.25) is 0 Å². The van der Waals surface area contributed by atoms with Crippen LogP contribution in [0, 0.1) is 71.0 Å². The van der Waals surface area contributed by atoms with Gasteiger partial charge in [-0.1, -0.05) is 6.08 Å². The van der Waals surface area contributed by atoms with Gasteiger partial charge in [0.1, 0.15) is 23.7 Å². The van der Waals surface area contributed by atoms with Crippen LogP contribution in [0.5, 0.6) is 0 Å². The molecule has 14 nitrogen and oxygen atoms in total. The number of nitrogens with two attached hydrogens (primary N) is 3. The first-order chi connectivity index (χ1) is 27.9. The van der Waals surface area contributed by atoms with Crippen molar-refractivity contribution in [3.63, 3.8) is 0 Å². The summed E-state index contributed by atoms with van der Waals surface area (Å²) in [5, 5.41) is 62.1. The van der Waals surface area contributed by atoms with Crippen LogP contribution in [0.25, 0.3) is 0 Å². The second-order valence-electron chi connectivity index (χ2n) is 20.1. The van der Waals surface area contributed by atoms with Crippen molar-refractivity contribution in [2.45, 2.75) is 145 Å². The number of fused-ring (bicyclic) bond motifs is 5. The fraction of sp³-hybridized carbons (Fsp3) is 0.909. The van der Waals surface area contributed by atoms with Gasteiger partial charge in [-0.25, -0.2) is 4.79 Å². The molecule has 3 saturated carbocycles. The number of carbonyl (C=O) groups is 2. The molecule has 14 heteroatoms. The van der Waals surface area contributed by atoms with Crippen LogP contribution in [-0.2, 0) is 23.8 Å². The molecule has 0 amide bonds. The van der Waals surface area contributed by atoms with Gasteiger partial charge in [0.05, 0.1) is 67.9 Å². The second-order valence-corrected chi connectivity index (χ2v) is 20.1. The number of carbonyl (C=O) groups excluding carboxylic acids is 2. The number of allylic oxidation sites excluding steroid dienone is 1. The van der Waals surface area contributed by atoms with E-state index in [1.165, 1.54) is 0 Å². The fourth-order valence-corrected chi connectivity index (χ4v) is 14.5. The summed E-state index contributed by atoms with van der Waals surface area (Å²) in [6.45, 7) is 4.45. The Bertz CT molecular complexity index is 1500. The Hall–Kier alpha value is -1.56. The summed E-state index contributed by atoms with van der Waals surface area (Å²) in [4.78, 5) is 28.2. The van der Waals surface area contributed by atoms with Crippen LogP contribution in [0.2, 0.25) is 0 Å². The average molecular weight is 818 g/mol. The van der Waals surface area contributed by atoms with Gasteiger partial charge in [0.15, 0.2) is 0 Å². The van der Waals surface area contributed by atoms with E-state index in [2.05, 4.69) is 17.6 Å². The van der Waals surface area contributed by atoms with Crippen LogP contribution in [-0.4, -0.2) is 125 Å². The van der Waals surface area contributed by atoms with Gasteiger partial charge in [-0.3, -0.25) is 10.5 Å². The van der Waals surface area contributed by atoms with Crippen LogP contribution in [0.1, 0.15) is 90.9 Å². The molecule has 0 radical (unpaired) electrons. The molecule has 5 saturated heterocycles. The number of hydrogen-bond donors (Lipinski definition) is 9. The molecule has 21 atom stereocenters. The molecule has 0 spiro atoms. The lowest BCUT2D eigenvalue weighted by Crippen LogP contribution is -2.95. The lowest BCUT2D eigenvalue weighted by molar-refractivity contribution is -0.703. The Morgan fingerprint density at radius 3 is 2.41 bits per heavy atom. The Labute approximate surface area is 343 Å². The highest BCUT2D eigenvalue weighted by molar-refractivity contribution is 5.88. The molecule has 0 aromatic carbocycles. The monoisotopic (exact) mass is 818 g/mol. The highest BCUT2D eigenvalue weighted by Crippen LogP contribution is 2.61. The Kier molecular flexibility index (Phi) is 13.1. The highest BCUT2D eigenvalue weighted by Gasteiger charge is 2.67. The molecule has 4 bridgehead atoms. The molecule has 0 aromatic heterocycles. The number of esters is 1. The van der Waals surface area contributed by atoms with Crippen molar-refractivity contribution in [3.8, 4) is 0 Å². The van der Waals surface area contributed by atoms with Gasteiger partial charge in [-0.05, 0) is 132 Å². The van der Waals surface area contributed by atoms with Crippen LogP contribution < -0.4 is 22.1 Å². The molecule has 0 aromatic rings. The van der Waals surface area contributed by atoms with E-state index < -0.39 is 72.6 Å². The smallest absolute Gasteiger partial charge is 0.336 e.